The Morgan fingerprint density at radius 3 is 2.14 bits per heavy atom. The third kappa shape index (κ3) is 8.78. The molecule has 0 aliphatic heterocycles. The van der Waals surface area contributed by atoms with E-state index in [4.69, 9.17) is 4.74 Å². The first-order valence-electron chi connectivity index (χ1n) is 4.77. The van der Waals surface area contributed by atoms with Gasteiger partial charge in [0.15, 0.2) is 0 Å². The Labute approximate surface area is 87.0 Å². The fourth-order valence-corrected chi connectivity index (χ4v) is 0.535. The normalized spacial score (nSPS) is 8.86. The summed E-state index contributed by atoms with van der Waals surface area (Å²) in [5.41, 5.74) is 1.22. The first-order chi connectivity index (χ1) is 6.57. The van der Waals surface area contributed by atoms with E-state index < -0.39 is 0 Å². The number of ether oxygens (including phenoxy) is 1. The largest absolute Gasteiger partial charge is 0.462 e. The molecule has 2 nitrogen and oxygen atoms in total. The van der Waals surface area contributed by atoms with Crippen LogP contribution in [0.5, 0.6) is 0 Å². The highest BCUT2D eigenvalue weighted by atomic mass is 16.5. The first kappa shape index (κ1) is 15.2. The van der Waals surface area contributed by atoms with Gasteiger partial charge in [-0.25, -0.2) is 4.79 Å². The lowest BCUT2D eigenvalue weighted by Gasteiger charge is -1.99. The third-order valence-corrected chi connectivity index (χ3v) is 1.11. The number of hydrogen-bond donors (Lipinski definition) is 0. The molecule has 0 radical (unpaired) electrons. The molecule has 0 saturated carbocycles. The predicted octanol–water partition coefficient (Wildman–Crippen LogP) is 3.26. The molecule has 0 aromatic rings. The van der Waals surface area contributed by atoms with E-state index in [1.54, 1.807) is 19.1 Å². The number of esters is 1. The molecular weight excluding hydrogens is 176 g/mol. The summed E-state index contributed by atoms with van der Waals surface area (Å²) in [6.07, 6.45) is 3.32. The average molecular weight is 196 g/mol. The lowest BCUT2D eigenvalue weighted by atomic mass is 10.2. The average Bonchev–Trinajstić information content (AvgIpc) is 2.17. The van der Waals surface area contributed by atoms with Gasteiger partial charge in [-0.2, -0.15) is 0 Å². The van der Waals surface area contributed by atoms with E-state index in [1.165, 1.54) is 0 Å². The van der Waals surface area contributed by atoms with Crippen molar-refractivity contribution in [3.8, 4) is 0 Å². The van der Waals surface area contributed by atoms with Crippen LogP contribution in [0.3, 0.4) is 0 Å². The van der Waals surface area contributed by atoms with Crippen molar-refractivity contribution in [2.45, 2.75) is 27.7 Å². The summed E-state index contributed by atoms with van der Waals surface area (Å²) in [5, 5.41) is 0. The summed E-state index contributed by atoms with van der Waals surface area (Å²) in [6, 6.07) is 0. The molecular formula is C12H20O2. The van der Waals surface area contributed by atoms with Gasteiger partial charge < -0.3 is 4.74 Å². The lowest BCUT2D eigenvalue weighted by Crippen LogP contribution is -2.04. The maximum Gasteiger partial charge on any atom is 0.337 e. The number of carbonyl (C=O) groups is 1. The van der Waals surface area contributed by atoms with Gasteiger partial charge in [0, 0.05) is 0 Å². The molecule has 0 aromatic heterocycles. The molecule has 0 aromatic carbocycles. The molecule has 0 amide bonds. The topological polar surface area (TPSA) is 26.3 Å². The molecule has 80 valence electrons. The molecule has 0 aliphatic rings. The van der Waals surface area contributed by atoms with E-state index in [9.17, 15) is 4.79 Å². The smallest absolute Gasteiger partial charge is 0.337 e. The predicted molar refractivity (Wildman–Crippen MR) is 61.1 cm³/mol. The van der Waals surface area contributed by atoms with Crippen molar-refractivity contribution in [2.75, 3.05) is 6.61 Å². The van der Waals surface area contributed by atoms with E-state index in [0.29, 0.717) is 12.2 Å². The van der Waals surface area contributed by atoms with Crippen molar-refractivity contribution < 1.29 is 9.53 Å². The molecule has 14 heavy (non-hydrogen) atoms. The van der Waals surface area contributed by atoms with Crippen LogP contribution in [0.25, 0.3) is 0 Å². The number of allylic oxidation sites excluding steroid dienone is 2. The van der Waals surface area contributed by atoms with Crippen molar-refractivity contribution in [3.63, 3.8) is 0 Å². The SMILES string of the molecule is C=C(C)/C=C\C(=C)C(=O)OCC.CC. The van der Waals surface area contributed by atoms with Gasteiger partial charge >= 0.3 is 5.97 Å². The fourth-order valence-electron chi connectivity index (χ4n) is 0.535. The standard InChI is InChI=1S/C10H14O2.C2H6/c1-5-12-10(11)9(4)7-6-8(2)3;1-2/h6-7H,2,4-5H2,1,3H3;1-2H3/b7-6-;. The molecule has 0 spiro atoms. The Bertz CT molecular complexity index is 224. The van der Waals surface area contributed by atoms with Gasteiger partial charge in [0.25, 0.3) is 0 Å². The summed E-state index contributed by atoms with van der Waals surface area (Å²) in [7, 11) is 0. The molecule has 0 unspecified atom stereocenters. The van der Waals surface area contributed by atoms with Crippen LogP contribution in [0.2, 0.25) is 0 Å². The van der Waals surface area contributed by atoms with Crippen molar-refractivity contribution in [1.29, 1.82) is 0 Å². The van der Waals surface area contributed by atoms with Gasteiger partial charge in [-0.3, -0.25) is 0 Å². The van der Waals surface area contributed by atoms with Gasteiger partial charge in [0.05, 0.1) is 12.2 Å². The summed E-state index contributed by atoms with van der Waals surface area (Å²) in [6.45, 7) is 15.2. The zero-order valence-electron chi connectivity index (χ0n) is 9.59. The van der Waals surface area contributed by atoms with E-state index in [0.717, 1.165) is 5.57 Å². The van der Waals surface area contributed by atoms with Crippen LogP contribution in [0.1, 0.15) is 27.7 Å². The van der Waals surface area contributed by atoms with Crippen LogP contribution in [0.15, 0.2) is 36.5 Å². The van der Waals surface area contributed by atoms with E-state index in [2.05, 4.69) is 13.2 Å². The number of rotatable bonds is 4. The zero-order chi connectivity index (χ0) is 11.6. The van der Waals surface area contributed by atoms with Crippen LogP contribution >= 0.6 is 0 Å². The summed E-state index contributed by atoms with van der Waals surface area (Å²) < 4.78 is 4.72. The Balaban J connectivity index is 0. The maximum absolute atomic E-state index is 11.0. The molecule has 0 fully saturated rings. The third-order valence-electron chi connectivity index (χ3n) is 1.11. The quantitative estimate of drug-likeness (QED) is 0.392. The number of carbonyl (C=O) groups excluding carboxylic acids is 1. The monoisotopic (exact) mass is 196 g/mol. The van der Waals surface area contributed by atoms with Gasteiger partial charge in [-0.15, -0.1) is 0 Å². The van der Waals surface area contributed by atoms with Crippen LogP contribution in [-0.2, 0) is 9.53 Å². The lowest BCUT2D eigenvalue weighted by molar-refractivity contribution is -0.138. The Kier molecular flexibility index (Phi) is 10.6. The fraction of sp³-hybridized carbons (Fsp3) is 0.417. The van der Waals surface area contributed by atoms with Gasteiger partial charge in [-0.1, -0.05) is 38.7 Å². The highest BCUT2D eigenvalue weighted by molar-refractivity contribution is 5.90. The van der Waals surface area contributed by atoms with Crippen molar-refractivity contribution in [2.24, 2.45) is 0 Å². The van der Waals surface area contributed by atoms with Crippen LogP contribution in [-0.4, -0.2) is 12.6 Å². The number of hydrogen-bond acceptors (Lipinski definition) is 2. The second kappa shape index (κ2) is 9.78. The van der Waals surface area contributed by atoms with E-state index in [-0.39, 0.29) is 5.97 Å². The second-order valence-corrected chi connectivity index (χ2v) is 2.43. The minimum atomic E-state index is -0.380. The van der Waals surface area contributed by atoms with E-state index in [1.807, 2.05) is 20.8 Å². The van der Waals surface area contributed by atoms with Gasteiger partial charge in [-0.05, 0) is 19.9 Å². The molecule has 0 N–H and O–H groups in total. The summed E-state index contributed by atoms with van der Waals surface area (Å²) >= 11 is 0. The Morgan fingerprint density at radius 2 is 1.79 bits per heavy atom. The molecule has 0 saturated heterocycles. The Morgan fingerprint density at radius 1 is 1.29 bits per heavy atom. The highest BCUT2D eigenvalue weighted by Gasteiger charge is 2.02. The van der Waals surface area contributed by atoms with E-state index >= 15 is 0 Å². The maximum atomic E-state index is 11.0. The molecule has 0 heterocycles. The molecule has 0 bridgehead atoms. The van der Waals surface area contributed by atoms with Crippen molar-refractivity contribution in [1.82, 2.24) is 0 Å². The first-order valence-corrected chi connectivity index (χ1v) is 4.77. The molecule has 0 aliphatic carbocycles. The van der Waals surface area contributed by atoms with Crippen LogP contribution in [0, 0.1) is 0 Å². The molecule has 0 atom stereocenters. The Hall–Kier alpha value is -1.31. The van der Waals surface area contributed by atoms with Gasteiger partial charge in [0.1, 0.15) is 0 Å². The summed E-state index contributed by atoms with van der Waals surface area (Å²) in [4.78, 5) is 11.0. The van der Waals surface area contributed by atoms with Crippen molar-refractivity contribution in [3.05, 3.63) is 36.5 Å². The minimum Gasteiger partial charge on any atom is -0.462 e. The van der Waals surface area contributed by atoms with Crippen LogP contribution in [0.4, 0.5) is 0 Å². The van der Waals surface area contributed by atoms with Gasteiger partial charge in [0.2, 0.25) is 0 Å². The molecule has 2 heteroatoms. The van der Waals surface area contributed by atoms with Crippen LogP contribution < -0.4 is 0 Å². The molecule has 0 rings (SSSR count). The highest BCUT2D eigenvalue weighted by Crippen LogP contribution is 1.99. The summed E-state index contributed by atoms with van der Waals surface area (Å²) in [5.74, 6) is -0.380. The second-order valence-electron chi connectivity index (χ2n) is 2.43. The minimum absolute atomic E-state index is 0.347. The van der Waals surface area contributed by atoms with Crippen molar-refractivity contribution >= 4 is 5.97 Å². The zero-order valence-corrected chi connectivity index (χ0v) is 9.59.